The highest BCUT2D eigenvalue weighted by molar-refractivity contribution is 9.10. The summed E-state index contributed by atoms with van der Waals surface area (Å²) < 4.78 is 13.6. The van der Waals surface area contributed by atoms with Gasteiger partial charge in [0.2, 0.25) is 0 Å². The van der Waals surface area contributed by atoms with Crippen molar-refractivity contribution in [2.24, 2.45) is 0 Å². The van der Waals surface area contributed by atoms with Crippen molar-refractivity contribution in [3.63, 3.8) is 0 Å². The third-order valence-corrected chi connectivity index (χ3v) is 6.30. The Kier molecular flexibility index (Phi) is 7.02. The highest BCUT2D eigenvalue weighted by atomic mass is 79.9. The summed E-state index contributed by atoms with van der Waals surface area (Å²) in [5.41, 5.74) is 1.05. The molecule has 1 N–H and O–H groups in total. The summed E-state index contributed by atoms with van der Waals surface area (Å²) in [6, 6.07) is 11.3. The minimum atomic E-state index is -0.813. The largest absolute Gasteiger partial charge is 0.507 e. The van der Waals surface area contributed by atoms with E-state index < -0.39 is 17.7 Å². The molecule has 1 aliphatic heterocycles. The Morgan fingerprint density at radius 3 is 2.50 bits per heavy atom. The van der Waals surface area contributed by atoms with Crippen LogP contribution in [0, 0.1) is 0 Å². The molecule has 1 aromatic heterocycles. The normalized spacial score (nSPS) is 17.3. The Labute approximate surface area is 205 Å². The average molecular weight is 526 g/mol. The first-order valence-electron chi connectivity index (χ1n) is 10.7. The fraction of sp³-hybridized carbons (Fsp3) is 0.240. The molecular weight excluding hydrogens is 502 g/mol. The number of nitrogens with zero attached hydrogens (tertiary/aromatic N) is 3. The van der Waals surface area contributed by atoms with Crippen molar-refractivity contribution in [2.75, 3.05) is 20.8 Å². The summed E-state index contributed by atoms with van der Waals surface area (Å²) in [7, 11) is 3.06. The summed E-state index contributed by atoms with van der Waals surface area (Å²) in [4.78, 5) is 31.9. The smallest absolute Gasteiger partial charge is 0.295 e. The van der Waals surface area contributed by atoms with Gasteiger partial charge in [-0.1, -0.05) is 28.1 Å². The molecule has 2 aromatic carbocycles. The lowest BCUT2D eigenvalue weighted by Gasteiger charge is -2.27. The Morgan fingerprint density at radius 2 is 1.85 bits per heavy atom. The van der Waals surface area contributed by atoms with Crippen molar-refractivity contribution in [2.45, 2.75) is 19.0 Å². The van der Waals surface area contributed by atoms with Crippen molar-refractivity contribution in [1.82, 2.24) is 14.5 Å². The summed E-state index contributed by atoms with van der Waals surface area (Å²) in [5, 5.41) is 11.2. The number of amides is 1. The summed E-state index contributed by atoms with van der Waals surface area (Å²) in [5.74, 6) is -0.595. The van der Waals surface area contributed by atoms with Crippen molar-refractivity contribution in [3.8, 4) is 11.5 Å². The molecule has 3 aromatic rings. The second kappa shape index (κ2) is 10.1. The van der Waals surface area contributed by atoms with E-state index in [1.807, 2.05) is 10.8 Å². The number of likely N-dealkylation sites (tertiary alicyclic amines) is 1. The van der Waals surface area contributed by atoms with Crippen molar-refractivity contribution >= 4 is 33.4 Å². The monoisotopic (exact) mass is 525 g/mol. The predicted octanol–water partition coefficient (Wildman–Crippen LogP) is 4.17. The van der Waals surface area contributed by atoms with Gasteiger partial charge in [0.1, 0.15) is 17.3 Å². The minimum Gasteiger partial charge on any atom is -0.507 e. The van der Waals surface area contributed by atoms with Gasteiger partial charge in [-0.15, -0.1) is 0 Å². The molecule has 9 heteroatoms. The Balaban J connectivity index is 1.79. The minimum absolute atomic E-state index is 0.0263. The molecule has 0 saturated carbocycles. The van der Waals surface area contributed by atoms with Gasteiger partial charge in [-0.25, -0.2) is 4.98 Å². The molecule has 0 unspecified atom stereocenters. The molecule has 0 aliphatic carbocycles. The van der Waals surface area contributed by atoms with Gasteiger partial charge in [0.25, 0.3) is 11.7 Å². The van der Waals surface area contributed by atoms with E-state index in [0.29, 0.717) is 42.1 Å². The number of hydrogen-bond donors (Lipinski definition) is 1. The molecule has 1 amide bonds. The number of aliphatic hydroxyl groups is 1. The summed E-state index contributed by atoms with van der Waals surface area (Å²) in [6.07, 6.45) is 5.82. The van der Waals surface area contributed by atoms with Gasteiger partial charge in [-0.3, -0.25) is 9.59 Å². The van der Waals surface area contributed by atoms with Crippen molar-refractivity contribution < 1.29 is 24.2 Å². The number of imidazole rings is 1. The molecule has 1 fully saturated rings. The van der Waals surface area contributed by atoms with Gasteiger partial charge in [0.05, 0.1) is 32.2 Å². The SMILES string of the molecule is COc1ccc([C@@H]2C(=C(O)c3ccc(Br)cc3)C(=O)C(=O)N2CCCn2ccnc2)c(OC)c1. The van der Waals surface area contributed by atoms with Crippen molar-refractivity contribution in [1.29, 1.82) is 0 Å². The first-order valence-corrected chi connectivity index (χ1v) is 11.5. The number of methoxy groups -OCH3 is 2. The number of hydrogen-bond acceptors (Lipinski definition) is 6. The van der Waals surface area contributed by atoms with Crippen LogP contribution in [0.1, 0.15) is 23.6 Å². The lowest BCUT2D eigenvalue weighted by molar-refractivity contribution is -0.140. The van der Waals surface area contributed by atoms with Crippen molar-refractivity contribution in [3.05, 3.63) is 82.4 Å². The summed E-state index contributed by atoms with van der Waals surface area (Å²) >= 11 is 3.37. The Bertz CT molecular complexity index is 1220. The molecule has 0 radical (unpaired) electrons. The highest BCUT2D eigenvalue weighted by Crippen LogP contribution is 2.43. The van der Waals surface area contributed by atoms with E-state index in [9.17, 15) is 14.7 Å². The van der Waals surface area contributed by atoms with Crippen LogP contribution in [-0.2, 0) is 16.1 Å². The van der Waals surface area contributed by atoms with Gasteiger partial charge in [-0.2, -0.15) is 0 Å². The van der Waals surface area contributed by atoms with E-state index in [0.717, 1.165) is 4.47 Å². The molecule has 0 bridgehead atoms. The first kappa shape index (κ1) is 23.6. The molecular formula is C25H24BrN3O5. The highest BCUT2D eigenvalue weighted by Gasteiger charge is 2.46. The molecule has 34 heavy (non-hydrogen) atoms. The second-order valence-electron chi connectivity index (χ2n) is 7.76. The number of carbonyl (C=O) groups excluding carboxylic acids is 2. The van der Waals surface area contributed by atoms with Crippen LogP contribution in [0.5, 0.6) is 11.5 Å². The molecule has 2 heterocycles. The number of benzene rings is 2. The van der Waals surface area contributed by atoms with E-state index in [-0.39, 0.29) is 11.3 Å². The zero-order chi connectivity index (χ0) is 24.2. The maximum atomic E-state index is 13.2. The first-order chi connectivity index (χ1) is 16.4. The average Bonchev–Trinajstić information content (AvgIpc) is 3.46. The molecule has 8 nitrogen and oxygen atoms in total. The quantitative estimate of drug-likeness (QED) is 0.269. The number of halogens is 1. The van der Waals surface area contributed by atoms with Crippen LogP contribution in [0.4, 0.5) is 0 Å². The number of rotatable bonds is 8. The van der Waals surface area contributed by atoms with Crippen LogP contribution < -0.4 is 9.47 Å². The maximum absolute atomic E-state index is 13.2. The van der Waals surface area contributed by atoms with Crippen LogP contribution >= 0.6 is 15.9 Å². The number of aryl methyl sites for hydroxylation is 1. The summed E-state index contributed by atoms with van der Waals surface area (Å²) in [6.45, 7) is 0.932. The number of ether oxygens (including phenoxy) is 2. The fourth-order valence-corrected chi connectivity index (χ4v) is 4.35. The lowest BCUT2D eigenvalue weighted by atomic mass is 9.94. The molecule has 1 aliphatic rings. The lowest BCUT2D eigenvalue weighted by Crippen LogP contribution is -2.31. The van der Waals surface area contributed by atoms with E-state index >= 15 is 0 Å². The topological polar surface area (TPSA) is 93.9 Å². The number of aliphatic hydroxyl groups excluding tert-OH is 1. The fourth-order valence-electron chi connectivity index (χ4n) is 4.08. The molecule has 4 rings (SSSR count). The molecule has 0 spiro atoms. The second-order valence-corrected chi connectivity index (χ2v) is 8.68. The van der Waals surface area contributed by atoms with Gasteiger partial charge < -0.3 is 24.0 Å². The number of ketones is 1. The van der Waals surface area contributed by atoms with Crippen LogP contribution in [-0.4, -0.2) is 52.0 Å². The van der Waals surface area contributed by atoms with Gasteiger partial charge in [0.15, 0.2) is 0 Å². The Morgan fingerprint density at radius 1 is 1.09 bits per heavy atom. The van der Waals surface area contributed by atoms with Crippen LogP contribution in [0.25, 0.3) is 5.76 Å². The van der Waals surface area contributed by atoms with E-state index in [1.165, 1.54) is 12.0 Å². The zero-order valence-corrected chi connectivity index (χ0v) is 20.4. The van der Waals surface area contributed by atoms with Gasteiger partial charge >= 0.3 is 0 Å². The predicted molar refractivity (Wildman–Crippen MR) is 130 cm³/mol. The van der Waals surface area contributed by atoms with Crippen LogP contribution in [0.15, 0.2) is 71.2 Å². The van der Waals surface area contributed by atoms with E-state index in [2.05, 4.69) is 20.9 Å². The molecule has 176 valence electrons. The van der Waals surface area contributed by atoms with Gasteiger partial charge in [0, 0.05) is 47.1 Å². The number of aromatic nitrogens is 2. The maximum Gasteiger partial charge on any atom is 0.295 e. The molecule has 1 atom stereocenters. The third-order valence-electron chi connectivity index (χ3n) is 5.77. The van der Waals surface area contributed by atoms with Crippen LogP contribution in [0.2, 0.25) is 0 Å². The zero-order valence-electron chi connectivity index (χ0n) is 18.8. The number of carbonyl (C=O) groups is 2. The van der Waals surface area contributed by atoms with Gasteiger partial charge in [-0.05, 0) is 30.7 Å². The standard InChI is InChI=1S/C25H24BrN3O5/c1-33-18-8-9-19(20(14-18)34-2)22-21(23(30)16-4-6-17(26)7-5-16)24(31)25(32)29(22)12-3-11-28-13-10-27-15-28/h4-10,13-15,22,30H,3,11-12H2,1-2H3/t22-/m1/s1. The van der Waals surface area contributed by atoms with Crippen LogP contribution in [0.3, 0.4) is 0 Å². The third kappa shape index (κ3) is 4.56. The van der Waals surface area contributed by atoms with E-state index in [1.54, 1.807) is 62.1 Å². The van der Waals surface area contributed by atoms with E-state index in [4.69, 9.17) is 9.47 Å². The molecule has 1 saturated heterocycles. The Hall–Kier alpha value is -3.59. The number of Topliss-reactive ketones (excluding diaryl/α,β-unsaturated/α-hetero) is 1.